The van der Waals surface area contributed by atoms with Gasteiger partial charge in [-0.2, -0.15) is 0 Å². The monoisotopic (exact) mass is 575 g/mol. The van der Waals surface area contributed by atoms with Gasteiger partial charge in [0.05, 0.1) is 11.6 Å². The molecule has 1 N–H and O–H groups in total. The number of carbonyl (C=O) groups excluding carboxylic acids is 2. The Labute approximate surface area is 226 Å². The van der Waals surface area contributed by atoms with Gasteiger partial charge in [-0.05, 0) is 61.4 Å². The van der Waals surface area contributed by atoms with Gasteiger partial charge >= 0.3 is 5.91 Å². The van der Waals surface area contributed by atoms with Gasteiger partial charge in [0, 0.05) is 10.0 Å². The number of aliphatic hydroxyl groups is 1. The molecule has 4 aromatic rings. The number of aliphatic hydroxyl groups excluding tert-OH is 1. The Hall–Kier alpha value is -3.82. The molecule has 1 amide bonds. The maximum atomic E-state index is 13.2. The number of hydrogen-bond donors (Lipinski definition) is 1. The molecule has 1 aromatic heterocycles. The zero-order valence-corrected chi connectivity index (χ0v) is 22.4. The number of amides is 1. The molecule has 186 valence electrons. The molecule has 1 saturated heterocycles. The molecule has 0 aliphatic carbocycles. The number of aryl methyl sites for hydroxylation is 2. The van der Waals surface area contributed by atoms with E-state index in [1.165, 1.54) is 16.2 Å². The molecular formula is C28H22BrN3O4S. The Morgan fingerprint density at radius 2 is 1.76 bits per heavy atom. The molecule has 1 unspecified atom stereocenters. The van der Waals surface area contributed by atoms with Gasteiger partial charge in [-0.1, -0.05) is 69.2 Å². The van der Waals surface area contributed by atoms with Crippen molar-refractivity contribution in [3.8, 4) is 5.75 Å². The third kappa shape index (κ3) is 5.05. The first-order chi connectivity index (χ1) is 17.8. The van der Waals surface area contributed by atoms with Crippen molar-refractivity contribution in [2.75, 3.05) is 4.90 Å². The van der Waals surface area contributed by atoms with Gasteiger partial charge in [0.15, 0.2) is 0 Å². The van der Waals surface area contributed by atoms with Gasteiger partial charge in [-0.25, -0.2) is 0 Å². The van der Waals surface area contributed by atoms with Crippen LogP contribution in [0.3, 0.4) is 0 Å². The maximum Gasteiger partial charge on any atom is 0.301 e. The fourth-order valence-corrected chi connectivity index (χ4v) is 5.19. The molecule has 9 heteroatoms. The van der Waals surface area contributed by atoms with Gasteiger partial charge in [0.1, 0.15) is 23.1 Å². The largest absolute Gasteiger partial charge is 0.507 e. The average Bonchev–Trinajstić information content (AvgIpc) is 3.43. The molecule has 37 heavy (non-hydrogen) atoms. The normalized spacial score (nSPS) is 16.8. The van der Waals surface area contributed by atoms with E-state index in [2.05, 4.69) is 32.2 Å². The standard InChI is InChI=1S/C28H22BrN3O4S/c1-16-4-3-5-18(14-16)15-36-22-12-8-20(9-13-22)25(33)23-24(19-6-10-21(29)11-7-19)32(27(35)26(23)34)28-31-30-17(2)37-28/h3-14,24,33H,15H2,1-2H3/b25-23-. The second-order valence-electron chi connectivity index (χ2n) is 8.63. The van der Waals surface area contributed by atoms with Crippen LogP contribution in [0.4, 0.5) is 5.13 Å². The van der Waals surface area contributed by atoms with Crippen LogP contribution >= 0.6 is 27.3 Å². The Morgan fingerprint density at radius 1 is 1.03 bits per heavy atom. The fourth-order valence-electron chi connectivity index (χ4n) is 4.21. The number of ether oxygens (including phenoxy) is 1. The van der Waals surface area contributed by atoms with Gasteiger partial charge < -0.3 is 9.84 Å². The zero-order valence-electron chi connectivity index (χ0n) is 20.0. The molecule has 1 fully saturated rings. The molecular weight excluding hydrogens is 554 g/mol. The van der Waals surface area contributed by atoms with E-state index in [9.17, 15) is 14.7 Å². The third-order valence-electron chi connectivity index (χ3n) is 5.97. The highest BCUT2D eigenvalue weighted by molar-refractivity contribution is 9.10. The van der Waals surface area contributed by atoms with Crippen LogP contribution in [-0.2, 0) is 16.2 Å². The predicted octanol–water partition coefficient (Wildman–Crippen LogP) is 6.12. The summed E-state index contributed by atoms with van der Waals surface area (Å²) >= 11 is 4.63. The van der Waals surface area contributed by atoms with Crippen molar-refractivity contribution in [1.29, 1.82) is 0 Å². The number of carbonyl (C=O) groups is 2. The summed E-state index contributed by atoms with van der Waals surface area (Å²) in [6, 6.07) is 21.2. The fraction of sp³-hybridized carbons (Fsp3) is 0.143. The van der Waals surface area contributed by atoms with E-state index >= 15 is 0 Å². The molecule has 1 aliphatic heterocycles. The molecule has 0 spiro atoms. The first-order valence-corrected chi connectivity index (χ1v) is 13.1. The predicted molar refractivity (Wildman–Crippen MR) is 146 cm³/mol. The van der Waals surface area contributed by atoms with Gasteiger partial charge in [0.2, 0.25) is 5.13 Å². The Morgan fingerprint density at radius 3 is 2.41 bits per heavy atom. The van der Waals surface area contributed by atoms with E-state index < -0.39 is 17.7 Å². The number of hydrogen-bond acceptors (Lipinski definition) is 7. The lowest BCUT2D eigenvalue weighted by Crippen LogP contribution is -2.29. The second kappa shape index (κ2) is 10.3. The highest BCUT2D eigenvalue weighted by Crippen LogP contribution is 2.43. The SMILES string of the molecule is Cc1cccc(COc2ccc(/C(O)=C3/C(=O)C(=O)N(c4nnc(C)s4)C3c3ccc(Br)cc3)cc2)c1. The Kier molecular flexibility index (Phi) is 6.90. The van der Waals surface area contributed by atoms with Crippen LogP contribution in [-0.4, -0.2) is 27.0 Å². The summed E-state index contributed by atoms with van der Waals surface area (Å²) in [6.07, 6.45) is 0. The summed E-state index contributed by atoms with van der Waals surface area (Å²) in [6.45, 7) is 4.20. The van der Waals surface area contributed by atoms with Crippen molar-refractivity contribution in [3.63, 3.8) is 0 Å². The number of halogens is 1. The van der Waals surface area contributed by atoms with Crippen molar-refractivity contribution in [1.82, 2.24) is 10.2 Å². The zero-order chi connectivity index (χ0) is 26.1. The van der Waals surface area contributed by atoms with Crippen molar-refractivity contribution in [2.45, 2.75) is 26.5 Å². The van der Waals surface area contributed by atoms with E-state index in [1.54, 1.807) is 43.3 Å². The number of anilines is 1. The minimum atomic E-state index is -0.849. The number of rotatable bonds is 6. The minimum Gasteiger partial charge on any atom is -0.507 e. The molecule has 1 atom stereocenters. The Balaban J connectivity index is 1.50. The third-order valence-corrected chi connectivity index (χ3v) is 7.33. The lowest BCUT2D eigenvalue weighted by Gasteiger charge is -2.22. The Bertz CT molecular complexity index is 1510. The van der Waals surface area contributed by atoms with Crippen molar-refractivity contribution in [2.24, 2.45) is 0 Å². The van der Waals surface area contributed by atoms with Gasteiger partial charge in [-0.15, -0.1) is 10.2 Å². The summed E-state index contributed by atoms with van der Waals surface area (Å²) in [4.78, 5) is 27.7. The van der Waals surface area contributed by atoms with E-state index in [4.69, 9.17) is 4.74 Å². The van der Waals surface area contributed by atoms with Crippen molar-refractivity contribution < 1.29 is 19.4 Å². The summed E-state index contributed by atoms with van der Waals surface area (Å²) in [5, 5.41) is 20.4. The lowest BCUT2D eigenvalue weighted by molar-refractivity contribution is -0.132. The van der Waals surface area contributed by atoms with E-state index in [0.717, 1.165) is 15.6 Å². The molecule has 0 saturated carbocycles. The van der Waals surface area contributed by atoms with E-state index in [-0.39, 0.29) is 11.3 Å². The summed E-state index contributed by atoms with van der Waals surface area (Å²) in [5.74, 6) is -1.19. The highest BCUT2D eigenvalue weighted by atomic mass is 79.9. The molecule has 0 radical (unpaired) electrons. The van der Waals surface area contributed by atoms with Crippen LogP contribution in [0, 0.1) is 13.8 Å². The number of Topliss-reactive ketones (excluding diaryl/α,β-unsaturated/α-hetero) is 1. The molecule has 0 bridgehead atoms. The summed E-state index contributed by atoms with van der Waals surface area (Å²) in [7, 11) is 0. The first-order valence-electron chi connectivity index (χ1n) is 11.5. The van der Waals surface area contributed by atoms with Crippen LogP contribution in [0.25, 0.3) is 5.76 Å². The molecule has 2 heterocycles. The topological polar surface area (TPSA) is 92.6 Å². The number of ketones is 1. The smallest absolute Gasteiger partial charge is 0.301 e. The quantitative estimate of drug-likeness (QED) is 0.169. The number of benzene rings is 3. The maximum absolute atomic E-state index is 13.2. The summed E-state index contributed by atoms with van der Waals surface area (Å²) in [5.41, 5.74) is 3.26. The molecule has 5 rings (SSSR count). The first kappa shape index (κ1) is 24.9. The number of aromatic nitrogens is 2. The minimum absolute atomic E-state index is 0.00592. The van der Waals surface area contributed by atoms with Crippen LogP contribution in [0.1, 0.15) is 33.3 Å². The molecule has 7 nitrogen and oxygen atoms in total. The van der Waals surface area contributed by atoms with Crippen LogP contribution in [0.15, 0.2) is 82.8 Å². The highest BCUT2D eigenvalue weighted by Gasteiger charge is 2.48. The average molecular weight is 576 g/mol. The van der Waals surface area contributed by atoms with Crippen LogP contribution < -0.4 is 9.64 Å². The second-order valence-corrected chi connectivity index (χ2v) is 10.7. The van der Waals surface area contributed by atoms with E-state index in [1.807, 2.05) is 37.3 Å². The van der Waals surface area contributed by atoms with Gasteiger partial charge in [0.25, 0.3) is 5.78 Å². The number of nitrogens with zero attached hydrogens (tertiary/aromatic N) is 3. The lowest BCUT2D eigenvalue weighted by atomic mass is 9.95. The van der Waals surface area contributed by atoms with Crippen LogP contribution in [0.5, 0.6) is 5.75 Å². The molecule has 1 aliphatic rings. The van der Waals surface area contributed by atoms with E-state index in [0.29, 0.717) is 33.6 Å². The van der Waals surface area contributed by atoms with Crippen molar-refractivity contribution >= 4 is 49.8 Å². The summed E-state index contributed by atoms with van der Waals surface area (Å²) < 4.78 is 6.73. The van der Waals surface area contributed by atoms with Crippen molar-refractivity contribution in [3.05, 3.63) is 110 Å². The molecule has 3 aromatic carbocycles. The van der Waals surface area contributed by atoms with Crippen LogP contribution in [0.2, 0.25) is 0 Å². The van der Waals surface area contributed by atoms with Gasteiger partial charge in [-0.3, -0.25) is 14.5 Å².